The molecule has 8 heteroatoms. The second-order valence-corrected chi connectivity index (χ2v) is 4.66. The summed E-state index contributed by atoms with van der Waals surface area (Å²) in [6.07, 6.45) is -2.61. The highest BCUT2D eigenvalue weighted by Crippen LogP contribution is 2.24. The second-order valence-electron chi connectivity index (χ2n) is 4.26. The molecule has 1 amide bonds. The Bertz CT molecular complexity index is 666. The van der Waals surface area contributed by atoms with Gasteiger partial charge in [-0.1, -0.05) is 17.7 Å². The van der Waals surface area contributed by atoms with Crippen LogP contribution >= 0.6 is 11.6 Å². The van der Waals surface area contributed by atoms with E-state index in [4.69, 9.17) is 16.3 Å². The summed E-state index contributed by atoms with van der Waals surface area (Å²) < 4.78 is 29.1. The van der Waals surface area contributed by atoms with Crippen molar-refractivity contribution in [3.63, 3.8) is 0 Å². The minimum absolute atomic E-state index is 0.118. The van der Waals surface area contributed by atoms with Crippen LogP contribution in [0.5, 0.6) is 5.88 Å². The van der Waals surface area contributed by atoms with Crippen molar-refractivity contribution in [3.8, 4) is 17.1 Å². The maximum absolute atomic E-state index is 12.1. The molecule has 0 aliphatic carbocycles. The van der Waals surface area contributed by atoms with Crippen molar-refractivity contribution in [2.45, 2.75) is 6.43 Å². The smallest absolute Gasteiger partial charge is 0.255 e. The topological polar surface area (TPSA) is 64.1 Å². The minimum atomic E-state index is -2.61. The molecule has 22 heavy (non-hydrogen) atoms. The highest BCUT2D eigenvalue weighted by atomic mass is 35.5. The van der Waals surface area contributed by atoms with Gasteiger partial charge in [0, 0.05) is 11.6 Å². The van der Waals surface area contributed by atoms with Crippen LogP contribution in [0.25, 0.3) is 11.3 Å². The number of benzene rings is 1. The van der Waals surface area contributed by atoms with Gasteiger partial charge in [0.15, 0.2) is 0 Å². The zero-order valence-corrected chi connectivity index (χ0v) is 12.3. The summed E-state index contributed by atoms with van der Waals surface area (Å²) >= 11 is 6.03. The number of hydrogen-bond acceptors (Lipinski definition) is 4. The number of carbonyl (C=O) groups is 1. The Balaban J connectivity index is 2.19. The molecule has 1 N–H and O–H groups in total. The van der Waals surface area contributed by atoms with E-state index >= 15 is 0 Å². The van der Waals surface area contributed by atoms with E-state index in [1.807, 2.05) is 0 Å². The molecule has 2 aromatic rings. The SMILES string of the molecule is COc1ccc(-c2ccc(C(=O)NCC(F)F)c(Cl)c2)nn1. The summed E-state index contributed by atoms with van der Waals surface area (Å²) in [6.45, 7) is -0.721. The number of methoxy groups -OCH3 is 1. The number of carbonyl (C=O) groups excluding carboxylic acids is 1. The lowest BCUT2D eigenvalue weighted by molar-refractivity contribution is 0.0892. The van der Waals surface area contributed by atoms with Crippen molar-refractivity contribution in [1.82, 2.24) is 15.5 Å². The van der Waals surface area contributed by atoms with Crippen LogP contribution < -0.4 is 10.1 Å². The van der Waals surface area contributed by atoms with Crippen LogP contribution in [0.1, 0.15) is 10.4 Å². The van der Waals surface area contributed by atoms with Gasteiger partial charge in [-0.25, -0.2) is 8.78 Å². The van der Waals surface area contributed by atoms with Crippen LogP contribution in [0.15, 0.2) is 30.3 Å². The van der Waals surface area contributed by atoms with Gasteiger partial charge in [-0.3, -0.25) is 4.79 Å². The third kappa shape index (κ3) is 3.88. The molecule has 0 spiro atoms. The fourth-order valence-corrected chi connectivity index (χ4v) is 1.97. The van der Waals surface area contributed by atoms with Crippen LogP contribution in [-0.2, 0) is 0 Å². The molecule has 0 unspecified atom stereocenters. The third-order valence-electron chi connectivity index (χ3n) is 2.78. The second kappa shape index (κ2) is 7.13. The van der Waals surface area contributed by atoms with E-state index in [1.165, 1.54) is 19.2 Å². The molecule has 0 aliphatic heterocycles. The molecule has 0 atom stereocenters. The Morgan fingerprint density at radius 1 is 1.32 bits per heavy atom. The molecule has 0 saturated carbocycles. The lowest BCUT2D eigenvalue weighted by Gasteiger charge is -2.08. The molecule has 0 radical (unpaired) electrons. The van der Waals surface area contributed by atoms with Gasteiger partial charge in [0.05, 0.1) is 29.9 Å². The fourth-order valence-electron chi connectivity index (χ4n) is 1.71. The first-order valence-electron chi connectivity index (χ1n) is 6.25. The van der Waals surface area contributed by atoms with Crippen LogP contribution in [0.3, 0.4) is 0 Å². The monoisotopic (exact) mass is 327 g/mol. The molecule has 0 saturated heterocycles. The van der Waals surface area contributed by atoms with Gasteiger partial charge in [0.2, 0.25) is 5.88 Å². The predicted molar refractivity (Wildman–Crippen MR) is 77.4 cm³/mol. The number of hydrogen-bond donors (Lipinski definition) is 1. The summed E-state index contributed by atoms with van der Waals surface area (Å²) in [6, 6.07) is 7.91. The summed E-state index contributed by atoms with van der Waals surface area (Å²) in [4.78, 5) is 11.7. The van der Waals surface area contributed by atoms with Crippen molar-refractivity contribution in [2.24, 2.45) is 0 Å². The number of amides is 1. The van der Waals surface area contributed by atoms with Gasteiger partial charge in [0.25, 0.3) is 12.3 Å². The highest BCUT2D eigenvalue weighted by molar-refractivity contribution is 6.34. The molecule has 116 valence electrons. The number of aromatic nitrogens is 2. The summed E-state index contributed by atoms with van der Waals surface area (Å²) in [5, 5.41) is 10.0. The largest absolute Gasteiger partial charge is 0.480 e. The number of nitrogens with zero attached hydrogens (tertiary/aromatic N) is 2. The zero-order chi connectivity index (χ0) is 16.1. The quantitative estimate of drug-likeness (QED) is 0.917. The first-order chi connectivity index (χ1) is 10.5. The van der Waals surface area contributed by atoms with E-state index in [1.54, 1.807) is 18.2 Å². The Morgan fingerprint density at radius 3 is 2.64 bits per heavy atom. The first kappa shape index (κ1) is 16.1. The average molecular weight is 328 g/mol. The van der Waals surface area contributed by atoms with Crippen LogP contribution in [0, 0.1) is 0 Å². The van der Waals surface area contributed by atoms with Crippen LogP contribution in [-0.4, -0.2) is 36.2 Å². The highest BCUT2D eigenvalue weighted by Gasteiger charge is 2.13. The fraction of sp³-hybridized carbons (Fsp3) is 0.214. The van der Waals surface area contributed by atoms with Crippen molar-refractivity contribution >= 4 is 17.5 Å². The van der Waals surface area contributed by atoms with Crippen LogP contribution in [0.4, 0.5) is 8.78 Å². The number of alkyl halides is 2. The Morgan fingerprint density at radius 2 is 2.09 bits per heavy atom. The number of nitrogens with one attached hydrogen (secondary N) is 1. The van der Waals surface area contributed by atoms with Gasteiger partial charge in [-0.2, -0.15) is 0 Å². The van der Waals surface area contributed by atoms with E-state index in [2.05, 4.69) is 15.5 Å². The predicted octanol–water partition coefficient (Wildman–Crippen LogP) is 2.80. The maximum atomic E-state index is 12.1. The van der Waals surface area contributed by atoms with Gasteiger partial charge in [-0.05, 0) is 18.2 Å². The summed E-state index contributed by atoms with van der Waals surface area (Å²) in [5.41, 5.74) is 1.31. The van der Waals surface area contributed by atoms with E-state index in [9.17, 15) is 13.6 Å². The van der Waals surface area contributed by atoms with Crippen LogP contribution in [0.2, 0.25) is 5.02 Å². The Kier molecular flexibility index (Phi) is 5.21. The molecular weight excluding hydrogens is 316 g/mol. The lowest BCUT2D eigenvalue weighted by atomic mass is 10.1. The summed E-state index contributed by atoms with van der Waals surface area (Å²) in [5.74, 6) is -0.282. The maximum Gasteiger partial charge on any atom is 0.255 e. The van der Waals surface area contributed by atoms with E-state index < -0.39 is 18.9 Å². The standard InChI is InChI=1S/C14H12ClF2N3O2/c1-22-13-5-4-11(19-20-13)8-2-3-9(10(15)6-8)14(21)18-7-12(16)17/h2-6,12H,7H2,1H3,(H,18,21). The Labute approximate surface area is 130 Å². The van der Waals surface area contributed by atoms with E-state index in [0.29, 0.717) is 17.1 Å². The van der Waals surface area contributed by atoms with E-state index in [0.717, 1.165) is 0 Å². The minimum Gasteiger partial charge on any atom is -0.480 e. The molecule has 0 fully saturated rings. The molecule has 2 rings (SSSR count). The summed E-state index contributed by atoms with van der Waals surface area (Å²) in [7, 11) is 1.48. The zero-order valence-electron chi connectivity index (χ0n) is 11.5. The average Bonchev–Trinajstić information content (AvgIpc) is 2.52. The van der Waals surface area contributed by atoms with Crippen molar-refractivity contribution in [2.75, 3.05) is 13.7 Å². The Hall–Kier alpha value is -2.28. The van der Waals surface area contributed by atoms with Gasteiger partial charge in [-0.15, -0.1) is 10.2 Å². The third-order valence-corrected chi connectivity index (χ3v) is 3.09. The molecule has 1 aromatic heterocycles. The number of halogens is 3. The molecule has 0 bridgehead atoms. The molecule has 1 aromatic carbocycles. The molecule has 0 aliphatic rings. The van der Waals surface area contributed by atoms with Crippen molar-refractivity contribution in [3.05, 3.63) is 40.9 Å². The van der Waals surface area contributed by atoms with E-state index in [-0.39, 0.29) is 10.6 Å². The van der Waals surface area contributed by atoms with Crippen molar-refractivity contribution in [1.29, 1.82) is 0 Å². The van der Waals surface area contributed by atoms with Crippen molar-refractivity contribution < 1.29 is 18.3 Å². The lowest BCUT2D eigenvalue weighted by Crippen LogP contribution is -2.28. The number of rotatable bonds is 5. The van der Waals surface area contributed by atoms with Gasteiger partial charge in [0.1, 0.15) is 0 Å². The molecule has 5 nitrogen and oxygen atoms in total. The molecular formula is C14H12ClF2N3O2. The number of ether oxygens (including phenoxy) is 1. The van der Waals surface area contributed by atoms with Gasteiger partial charge >= 0.3 is 0 Å². The normalized spacial score (nSPS) is 10.6. The first-order valence-corrected chi connectivity index (χ1v) is 6.63. The van der Waals surface area contributed by atoms with Gasteiger partial charge < -0.3 is 10.1 Å². The molecule has 1 heterocycles.